The van der Waals surface area contributed by atoms with Crippen LogP contribution in [0, 0.1) is 0 Å². The van der Waals surface area contributed by atoms with E-state index in [9.17, 15) is 9.90 Å². The lowest BCUT2D eigenvalue weighted by atomic mass is 10.0. The van der Waals surface area contributed by atoms with Gasteiger partial charge in [0.15, 0.2) is 0 Å². The van der Waals surface area contributed by atoms with E-state index in [4.69, 9.17) is 9.72 Å². The highest BCUT2D eigenvalue weighted by Crippen LogP contribution is 2.33. The Kier molecular flexibility index (Phi) is 6.55. The number of para-hydroxylation sites is 3. The van der Waals surface area contributed by atoms with Gasteiger partial charge in [-0.25, -0.2) is 4.98 Å². The summed E-state index contributed by atoms with van der Waals surface area (Å²) in [6.45, 7) is 5.40. The smallest absolute Gasteiger partial charge is 0.227 e. The van der Waals surface area contributed by atoms with Gasteiger partial charge in [-0.2, -0.15) is 0 Å². The van der Waals surface area contributed by atoms with Gasteiger partial charge in [-0.15, -0.1) is 0 Å². The number of carbonyl (C=O) groups excluding carboxylic acids is 1. The summed E-state index contributed by atoms with van der Waals surface area (Å²) in [4.78, 5) is 19.6. The molecule has 4 aromatic rings. The third-order valence-electron chi connectivity index (χ3n) is 6.62. The molecule has 1 fully saturated rings. The first-order chi connectivity index (χ1) is 17.0. The third kappa shape index (κ3) is 4.93. The molecule has 1 aliphatic rings. The molecule has 0 aliphatic carbocycles. The Labute approximate surface area is 205 Å². The normalized spacial score (nSPS) is 16.9. The minimum atomic E-state index is -0.724. The van der Waals surface area contributed by atoms with Crippen LogP contribution in [0.3, 0.4) is 0 Å². The predicted octanol–water partition coefficient (Wildman–Crippen LogP) is 5.12. The van der Waals surface area contributed by atoms with E-state index in [1.165, 1.54) is 5.56 Å². The van der Waals surface area contributed by atoms with E-state index in [1.54, 1.807) is 0 Å². The highest BCUT2D eigenvalue weighted by atomic mass is 16.5. The lowest BCUT2D eigenvalue weighted by molar-refractivity contribution is -0.117. The number of benzene rings is 3. The summed E-state index contributed by atoms with van der Waals surface area (Å²) in [6, 6.07) is 25.7. The summed E-state index contributed by atoms with van der Waals surface area (Å²) < 4.78 is 7.93. The van der Waals surface area contributed by atoms with Crippen LogP contribution in [0.2, 0.25) is 0 Å². The van der Waals surface area contributed by atoms with Crippen molar-refractivity contribution in [1.82, 2.24) is 9.55 Å². The second kappa shape index (κ2) is 9.92. The average molecular weight is 470 g/mol. The molecular formula is C29H31N3O3. The molecule has 6 nitrogen and oxygen atoms in total. The molecule has 0 radical (unpaired) electrons. The van der Waals surface area contributed by atoms with Crippen molar-refractivity contribution in [1.29, 1.82) is 0 Å². The van der Waals surface area contributed by atoms with Crippen LogP contribution >= 0.6 is 0 Å². The van der Waals surface area contributed by atoms with Crippen LogP contribution < -0.4 is 9.64 Å². The molecule has 0 unspecified atom stereocenters. The Bertz CT molecular complexity index is 1300. The first kappa shape index (κ1) is 23.1. The molecule has 2 atom stereocenters. The van der Waals surface area contributed by atoms with Gasteiger partial charge in [0.1, 0.15) is 24.3 Å². The standard InChI is InChI=1S/C29H31N3O3/c1-20(2)21-12-14-25(15-13-21)35-19-24(33)18-32-27-11-7-6-10-26(27)30-29(32)22-16-28(34)31(17-22)23-8-4-3-5-9-23/h3-15,20,22,24,33H,16-19H2,1-2H3/t22-,24-/m0/s1. The van der Waals surface area contributed by atoms with Gasteiger partial charge in [0.05, 0.1) is 17.6 Å². The molecular weight excluding hydrogens is 438 g/mol. The van der Waals surface area contributed by atoms with Crippen molar-refractivity contribution in [3.8, 4) is 5.75 Å². The van der Waals surface area contributed by atoms with Gasteiger partial charge >= 0.3 is 0 Å². The van der Waals surface area contributed by atoms with Crippen LogP contribution in [-0.2, 0) is 11.3 Å². The van der Waals surface area contributed by atoms with Crippen LogP contribution in [0.5, 0.6) is 5.75 Å². The fourth-order valence-corrected chi connectivity index (χ4v) is 4.74. The quantitative estimate of drug-likeness (QED) is 0.389. The Hall–Kier alpha value is -3.64. The van der Waals surface area contributed by atoms with Crippen LogP contribution in [0.4, 0.5) is 5.69 Å². The molecule has 5 rings (SSSR count). The number of aliphatic hydroxyl groups is 1. The minimum absolute atomic E-state index is 0.0493. The van der Waals surface area contributed by atoms with Gasteiger partial charge < -0.3 is 19.3 Å². The van der Waals surface area contributed by atoms with E-state index >= 15 is 0 Å². The molecule has 0 bridgehead atoms. The second-order valence-electron chi connectivity index (χ2n) is 9.50. The zero-order valence-electron chi connectivity index (χ0n) is 20.2. The molecule has 1 amide bonds. The number of anilines is 1. The minimum Gasteiger partial charge on any atom is -0.491 e. The molecule has 0 saturated carbocycles. The van der Waals surface area contributed by atoms with Crippen molar-refractivity contribution < 1.29 is 14.6 Å². The topological polar surface area (TPSA) is 67.6 Å². The maximum Gasteiger partial charge on any atom is 0.227 e. The molecule has 1 aliphatic heterocycles. The van der Waals surface area contributed by atoms with E-state index in [0.29, 0.717) is 25.4 Å². The zero-order valence-corrected chi connectivity index (χ0v) is 20.2. The van der Waals surface area contributed by atoms with E-state index in [-0.39, 0.29) is 18.4 Å². The van der Waals surface area contributed by atoms with Crippen molar-refractivity contribution in [3.63, 3.8) is 0 Å². The van der Waals surface area contributed by atoms with Gasteiger partial charge in [-0.1, -0.05) is 56.3 Å². The number of rotatable bonds is 8. The van der Waals surface area contributed by atoms with E-state index in [2.05, 4.69) is 30.5 Å². The first-order valence-electron chi connectivity index (χ1n) is 12.2. The summed E-state index contributed by atoms with van der Waals surface area (Å²) in [6.07, 6.45) is -0.328. The number of aromatic nitrogens is 2. The largest absolute Gasteiger partial charge is 0.491 e. The lowest BCUT2D eigenvalue weighted by Crippen LogP contribution is -2.26. The Balaban J connectivity index is 1.34. The number of aliphatic hydroxyl groups excluding tert-OH is 1. The molecule has 0 spiro atoms. The van der Waals surface area contributed by atoms with E-state index < -0.39 is 6.10 Å². The van der Waals surface area contributed by atoms with Crippen molar-refractivity contribution in [2.24, 2.45) is 0 Å². The number of carbonyl (C=O) groups is 1. The highest BCUT2D eigenvalue weighted by Gasteiger charge is 2.35. The molecule has 1 saturated heterocycles. The summed E-state index contributed by atoms with van der Waals surface area (Å²) in [7, 11) is 0. The van der Waals surface area contributed by atoms with Crippen LogP contribution in [0.1, 0.15) is 43.5 Å². The number of hydrogen-bond donors (Lipinski definition) is 1. The Morgan fingerprint density at radius 1 is 1.00 bits per heavy atom. The van der Waals surface area contributed by atoms with E-state index in [0.717, 1.165) is 28.3 Å². The fourth-order valence-electron chi connectivity index (χ4n) is 4.74. The van der Waals surface area contributed by atoms with Crippen LogP contribution in [0.25, 0.3) is 11.0 Å². The van der Waals surface area contributed by atoms with Crippen molar-refractivity contribution in [2.75, 3.05) is 18.1 Å². The first-order valence-corrected chi connectivity index (χ1v) is 12.2. The van der Waals surface area contributed by atoms with Crippen molar-refractivity contribution >= 4 is 22.6 Å². The Morgan fingerprint density at radius 3 is 2.46 bits per heavy atom. The summed E-state index contributed by atoms with van der Waals surface area (Å²) >= 11 is 0. The van der Waals surface area contributed by atoms with Gasteiger partial charge in [0.2, 0.25) is 5.91 Å². The summed E-state index contributed by atoms with van der Waals surface area (Å²) in [5.74, 6) is 2.07. The number of amides is 1. The lowest BCUT2D eigenvalue weighted by Gasteiger charge is -2.19. The number of nitrogens with zero attached hydrogens (tertiary/aromatic N) is 3. The summed E-state index contributed by atoms with van der Waals surface area (Å²) in [5, 5.41) is 10.9. The molecule has 180 valence electrons. The van der Waals surface area contributed by atoms with Crippen LogP contribution in [-0.4, -0.2) is 39.8 Å². The van der Waals surface area contributed by atoms with Gasteiger partial charge in [0, 0.05) is 24.6 Å². The molecule has 6 heteroatoms. The Morgan fingerprint density at radius 2 is 1.71 bits per heavy atom. The maximum absolute atomic E-state index is 12.9. The second-order valence-corrected chi connectivity index (χ2v) is 9.50. The molecule has 2 heterocycles. The van der Waals surface area contributed by atoms with Gasteiger partial charge in [-0.05, 0) is 47.9 Å². The number of hydrogen-bond acceptors (Lipinski definition) is 4. The molecule has 3 aromatic carbocycles. The fraction of sp³-hybridized carbons (Fsp3) is 0.310. The van der Waals surface area contributed by atoms with Crippen LogP contribution in [0.15, 0.2) is 78.9 Å². The number of fused-ring (bicyclic) bond motifs is 1. The SMILES string of the molecule is CC(C)c1ccc(OC[C@@H](O)Cn2c([C@H]3CC(=O)N(c4ccccc4)C3)nc3ccccc32)cc1. The van der Waals surface area contributed by atoms with Crippen molar-refractivity contribution in [2.45, 2.75) is 44.8 Å². The molecule has 1 aromatic heterocycles. The monoisotopic (exact) mass is 469 g/mol. The van der Waals surface area contributed by atoms with Gasteiger partial charge in [-0.3, -0.25) is 4.79 Å². The number of imidazole rings is 1. The number of ether oxygens (including phenoxy) is 1. The third-order valence-corrected chi connectivity index (χ3v) is 6.62. The summed E-state index contributed by atoms with van der Waals surface area (Å²) in [5.41, 5.74) is 3.97. The highest BCUT2D eigenvalue weighted by molar-refractivity contribution is 5.96. The van der Waals surface area contributed by atoms with Gasteiger partial charge in [0.25, 0.3) is 0 Å². The predicted molar refractivity (Wildman–Crippen MR) is 138 cm³/mol. The zero-order chi connectivity index (χ0) is 24.4. The molecule has 35 heavy (non-hydrogen) atoms. The maximum atomic E-state index is 12.9. The average Bonchev–Trinajstić information content (AvgIpc) is 3.44. The van der Waals surface area contributed by atoms with E-state index in [1.807, 2.05) is 71.6 Å². The molecule has 1 N–H and O–H groups in total. The van der Waals surface area contributed by atoms with Crippen molar-refractivity contribution in [3.05, 3.63) is 90.3 Å².